The Balaban J connectivity index is 1.95. The van der Waals surface area contributed by atoms with E-state index < -0.39 is 0 Å². The Morgan fingerprint density at radius 1 is 1.16 bits per heavy atom. The van der Waals surface area contributed by atoms with Crippen LogP contribution in [0.2, 0.25) is 0 Å². The van der Waals surface area contributed by atoms with Gasteiger partial charge in [-0.15, -0.1) is 11.3 Å². The van der Waals surface area contributed by atoms with Crippen LogP contribution in [0.1, 0.15) is 80.2 Å². The summed E-state index contributed by atoms with van der Waals surface area (Å²) in [7, 11) is 0. The zero-order valence-electron chi connectivity index (χ0n) is 12.6. The van der Waals surface area contributed by atoms with Crippen molar-refractivity contribution in [1.82, 2.24) is 5.32 Å². The van der Waals surface area contributed by atoms with Crippen molar-refractivity contribution < 1.29 is 0 Å². The molecule has 1 aliphatic rings. The van der Waals surface area contributed by atoms with Gasteiger partial charge in [0.05, 0.1) is 0 Å². The minimum Gasteiger partial charge on any atom is -0.310 e. The topological polar surface area (TPSA) is 12.0 Å². The van der Waals surface area contributed by atoms with Gasteiger partial charge in [0.1, 0.15) is 0 Å². The molecule has 0 saturated carbocycles. The van der Waals surface area contributed by atoms with Crippen molar-refractivity contribution in [2.75, 3.05) is 6.54 Å². The number of aryl methyl sites for hydroxylation is 2. The summed E-state index contributed by atoms with van der Waals surface area (Å²) in [6.45, 7) is 5.60. The first-order chi connectivity index (χ1) is 9.35. The van der Waals surface area contributed by atoms with Crippen LogP contribution >= 0.6 is 11.3 Å². The van der Waals surface area contributed by atoms with Gasteiger partial charge in [-0.05, 0) is 50.3 Å². The largest absolute Gasteiger partial charge is 0.310 e. The normalized spacial score (nSPS) is 16.3. The summed E-state index contributed by atoms with van der Waals surface area (Å²) in [4.78, 5) is 3.28. The van der Waals surface area contributed by atoms with Gasteiger partial charge in [-0.1, -0.05) is 39.5 Å². The van der Waals surface area contributed by atoms with Crippen LogP contribution in [0.5, 0.6) is 0 Å². The van der Waals surface area contributed by atoms with E-state index in [1.807, 2.05) is 0 Å². The van der Waals surface area contributed by atoms with Gasteiger partial charge in [0.2, 0.25) is 0 Å². The molecule has 0 saturated heterocycles. The number of fused-ring (bicyclic) bond motifs is 1. The maximum atomic E-state index is 3.70. The summed E-state index contributed by atoms with van der Waals surface area (Å²) in [5.74, 6) is 0. The Hall–Kier alpha value is -0.340. The monoisotopic (exact) mass is 279 g/mol. The van der Waals surface area contributed by atoms with Crippen LogP contribution < -0.4 is 5.32 Å². The lowest BCUT2D eigenvalue weighted by molar-refractivity contribution is 0.487. The lowest BCUT2D eigenvalue weighted by Crippen LogP contribution is -2.19. The Kier molecular flexibility index (Phi) is 6.39. The molecule has 19 heavy (non-hydrogen) atoms. The van der Waals surface area contributed by atoms with Crippen molar-refractivity contribution >= 4 is 11.3 Å². The fraction of sp³-hybridized carbons (Fsp3) is 0.765. The standard InChI is InChI=1S/C17H29NS/c1-3-5-6-7-11-15(18-4-2)17-13-14-10-8-9-12-16(14)19-17/h13,15,18H,3-12H2,1-2H3. The highest BCUT2D eigenvalue weighted by Crippen LogP contribution is 2.34. The highest BCUT2D eigenvalue weighted by molar-refractivity contribution is 7.12. The third-order valence-electron chi connectivity index (χ3n) is 4.16. The van der Waals surface area contributed by atoms with E-state index in [1.165, 1.54) is 57.8 Å². The van der Waals surface area contributed by atoms with Gasteiger partial charge in [-0.3, -0.25) is 0 Å². The van der Waals surface area contributed by atoms with Crippen LogP contribution in [0.4, 0.5) is 0 Å². The average molecular weight is 279 g/mol. The average Bonchev–Trinajstić information content (AvgIpc) is 2.86. The summed E-state index contributed by atoms with van der Waals surface area (Å²) in [6, 6.07) is 3.12. The molecule has 0 fully saturated rings. The van der Waals surface area contributed by atoms with E-state index in [0.717, 1.165) is 6.54 Å². The Morgan fingerprint density at radius 3 is 2.74 bits per heavy atom. The molecule has 0 radical (unpaired) electrons. The fourth-order valence-corrected chi connectivity index (χ4v) is 4.42. The zero-order valence-corrected chi connectivity index (χ0v) is 13.5. The first-order valence-corrected chi connectivity index (χ1v) is 9.01. The number of thiophene rings is 1. The molecule has 1 heterocycles. The van der Waals surface area contributed by atoms with E-state index in [-0.39, 0.29) is 0 Å². The molecule has 108 valence electrons. The summed E-state index contributed by atoms with van der Waals surface area (Å²) >= 11 is 2.08. The van der Waals surface area contributed by atoms with Gasteiger partial charge in [-0.2, -0.15) is 0 Å². The number of hydrogen-bond donors (Lipinski definition) is 1. The van der Waals surface area contributed by atoms with Crippen LogP contribution in [0.3, 0.4) is 0 Å². The lowest BCUT2D eigenvalue weighted by Gasteiger charge is -2.16. The molecule has 1 aromatic rings. The molecule has 1 unspecified atom stereocenters. The molecule has 2 rings (SSSR count). The second-order valence-electron chi connectivity index (χ2n) is 5.76. The summed E-state index contributed by atoms with van der Waals surface area (Å²) in [5.41, 5.74) is 1.66. The van der Waals surface area contributed by atoms with Crippen LogP contribution in [-0.4, -0.2) is 6.54 Å². The SMILES string of the molecule is CCCCCCC(NCC)c1cc2c(s1)CCCC2. The number of nitrogens with one attached hydrogen (secondary N) is 1. The van der Waals surface area contributed by atoms with Crippen LogP contribution in [-0.2, 0) is 12.8 Å². The van der Waals surface area contributed by atoms with Crippen molar-refractivity contribution in [2.24, 2.45) is 0 Å². The molecule has 1 nitrogen and oxygen atoms in total. The summed E-state index contributed by atoms with van der Waals surface area (Å²) < 4.78 is 0. The highest BCUT2D eigenvalue weighted by atomic mass is 32.1. The smallest absolute Gasteiger partial charge is 0.0414 e. The van der Waals surface area contributed by atoms with E-state index >= 15 is 0 Å². The van der Waals surface area contributed by atoms with Crippen molar-refractivity contribution in [3.05, 3.63) is 21.4 Å². The van der Waals surface area contributed by atoms with Crippen molar-refractivity contribution in [2.45, 2.75) is 77.7 Å². The Labute approximate surface area is 122 Å². The molecule has 1 aromatic heterocycles. The first kappa shape index (κ1) is 15.1. The molecule has 2 heteroatoms. The molecule has 0 spiro atoms. The molecule has 0 aromatic carbocycles. The number of hydrogen-bond acceptors (Lipinski definition) is 2. The van der Waals surface area contributed by atoms with Crippen molar-refractivity contribution in [1.29, 1.82) is 0 Å². The zero-order chi connectivity index (χ0) is 13.5. The predicted molar refractivity (Wildman–Crippen MR) is 86.1 cm³/mol. The van der Waals surface area contributed by atoms with Crippen LogP contribution in [0, 0.1) is 0 Å². The van der Waals surface area contributed by atoms with Crippen LogP contribution in [0.15, 0.2) is 6.07 Å². The van der Waals surface area contributed by atoms with Gasteiger partial charge in [0.15, 0.2) is 0 Å². The maximum Gasteiger partial charge on any atom is 0.0414 e. The van der Waals surface area contributed by atoms with Crippen LogP contribution in [0.25, 0.3) is 0 Å². The first-order valence-electron chi connectivity index (χ1n) is 8.20. The molecule has 0 aliphatic heterocycles. The second-order valence-corrected chi connectivity index (χ2v) is 6.93. The quantitative estimate of drug-likeness (QED) is 0.641. The third-order valence-corrected chi connectivity index (χ3v) is 5.51. The maximum absolute atomic E-state index is 3.70. The Morgan fingerprint density at radius 2 is 2.00 bits per heavy atom. The molecular weight excluding hydrogens is 250 g/mol. The minimum absolute atomic E-state index is 0.609. The van der Waals surface area contributed by atoms with E-state index in [0.29, 0.717) is 6.04 Å². The second kappa shape index (κ2) is 8.06. The molecule has 0 amide bonds. The molecule has 1 atom stereocenters. The third kappa shape index (κ3) is 4.32. The summed E-state index contributed by atoms with van der Waals surface area (Å²) in [6.07, 6.45) is 12.2. The van der Waals surface area contributed by atoms with Crippen molar-refractivity contribution in [3.8, 4) is 0 Å². The predicted octanol–water partition coefficient (Wildman–Crippen LogP) is 5.25. The molecular formula is C17H29NS. The van der Waals surface area contributed by atoms with Gasteiger partial charge in [0.25, 0.3) is 0 Å². The fourth-order valence-electron chi connectivity index (χ4n) is 3.05. The van der Waals surface area contributed by atoms with Gasteiger partial charge < -0.3 is 5.32 Å². The van der Waals surface area contributed by atoms with Gasteiger partial charge >= 0.3 is 0 Å². The lowest BCUT2D eigenvalue weighted by atomic mass is 9.98. The van der Waals surface area contributed by atoms with Gasteiger partial charge in [-0.25, -0.2) is 0 Å². The minimum atomic E-state index is 0.609. The highest BCUT2D eigenvalue weighted by Gasteiger charge is 2.18. The van der Waals surface area contributed by atoms with E-state index in [4.69, 9.17) is 0 Å². The number of unbranched alkanes of at least 4 members (excludes halogenated alkanes) is 3. The molecule has 1 N–H and O–H groups in total. The molecule has 1 aliphatic carbocycles. The van der Waals surface area contributed by atoms with E-state index in [9.17, 15) is 0 Å². The molecule has 0 bridgehead atoms. The Bertz CT molecular complexity index is 346. The van der Waals surface area contributed by atoms with Gasteiger partial charge in [0, 0.05) is 15.8 Å². The van der Waals surface area contributed by atoms with E-state index in [1.54, 1.807) is 15.3 Å². The summed E-state index contributed by atoms with van der Waals surface area (Å²) in [5, 5.41) is 3.70. The van der Waals surface area contributed by atoms with Crippen molar-refractivity contribution in [3.63, 3.8) is 0 Å². The van der Waals surface area contributed by atoms with E-state index in [2.05, 4.69) is 36.6 Å². The number of rotatable bonds is 8.